The SMILES string of the molecule is CN=C(NCC1(N(C)C)CCOCC1)N1CCC2(CCC2)C1.I. The van der Waals surface area contributed by atoms with Gasteiger partial charge in [0.2, 0.25) is 0 Å². The van der Waals surface area contributed by atoms with Crippen molar-refractivity contribution in [2.24, 2.45) is 10.4 Å². The highest BCUT2D eigenvalue weighted by Gasteiger charge is 2.44. The first-order chi connectivity index (χ1) is 10.6. The van der Waals surface area contributed by atoms with Crippen LogP contribution in [0.4, 0.5) is 0 Å². The Morgan fingerprint density at radius 3 is 2.35 bits per heavy atom. The van der Waals surface area contributed by atoms with E-state index in [0.717, 1.165) is 45.1 Å². The van der Waals surface area contributed by atoms with Crippen molar-refractivity contribution in [1.29, 1.82) is 0 Å². The summed E-state index contributed by atoms with van der Waals surface area (Å²) < 4.78 is 5.56. The van der Waals surface area contributed by atoms with E-state index in [1.165, 1.54) is 32.2 Å². The number of nitrogens with one attached hydrogen (secondary N) is 1. The molecule has 3 fully saturated rings. The predicted octanol–water partition coefficient (Wildman–Crippen LogP) is 2.17. The fourth-order valence-corrected chi connectivity index (χ4v) is 4.31. The zero-order valence-corrected chi connectivity index (χ0v) is 17.3. The van der Waals surface area contributed by atoms with Crippen LogP contribution >= 0.6 is 24.0 Å². The van der Waals surface area contributed by atoms with Gasteiger partial charge in [-0.3, -0.25) is 4.99 Å². The second-order valence-electron chi connectivity index (χ2n) is 7.66. The van der Waals surface area contributed by atoms with Crippen molar-refractivity contribution < 1.29 is 4.74 Å². The predicted molar refractivity (Wildman–Crippen MR) is 106 cm³/mol. The van der Waals surface area contributed by atoms with Gasteiger partial charge in [0.15, 0.2) is 5.96 Å². The summed E-state index contributed by atoms with van der Waals surface area (Å²) in [6.07, 6.45) is 7.78. The molecule has 1 spiro atoms. The number of nitrogens with zero attached hydrogens (tertiary/aromatic N) is 3. The van der Waals surface area contributed by atoms with Gasteiger partial charge in [-0.15, -0.1) is 24.0 Å². The molecular weight excluding hydrogens is 403 g/mol. The third-order valence-electron chi connectivity index (χ3n) is 6.31. The number of likely N-dealkylation sites (N-methyl/N-ethyl adjacent to an activating group) is 1. The van der Waals surface area contributed by atoms with Crippen LogP contribution in [-0.2, 0) is 4.74 Å². The van der Waals surface area contributed by atoms with Crippen LogP contribution in [0.3, 0.4) is 0 Å². The van der Waals surface area contributed by atoms with Gasteiger partial charge in [-0.25, -0.2) is 0 Å². The quantitative estimate of drug-likeness (QED) is 0.418. The second-order valence-corrected chi connectivity index (χ2v) is 7.66. The summed E-state index contributed by atoms with van der Waals surface area (Å²) in [6, 6.07) is 0. The smallest absolute Gasteiger partial charge is 0.193 e. The van der Waals surface area contributed by atoms with E-state index in [4.69, 9.17) is 4.74 Å². The van der Waals surface area contributed by atoms with Gasteiger partial charge in [0, 0.05) is 45.4 Å². The van der Waals surface area contributed by atoms with Crippen LogP contribution in [-0.4, -0.2) is 75.3 Å². The fraction of sp³-hybridized carbons (Fsp3) is 0.941. The molecule has 0 aromatic rings. The van der Waals surface area contributed by atoms with Crippen LogP contribution in [0.5, 0.6) is 0 Å². The van der Waals surface area contributed by atoms with Crippen molar-refractivity contribution in [3.8, 4) is 0 Å². The van der Waals surface area contributed by atoms with E-state index in [1.807, 2.05) is 7.05 Å². The van der Waals surface area contributed by atoms with E-state index >= 15 is 0 Å². The topological polar surface area (TPSA) is 40.1 Å². The average molecular weight is 436 g/mol. The minimum absolute atomic E-state index is 0. The molecule has 3 rings (SSSR count). The van der Waals surface area contributed by atoms with E-state index in [-0.39, 0.29) is 29.5 Å². The number of aliphatic imine (C=N–C) groups is 1. The lowest BCUT2D eigenvalue weighted by Crippen LogP contribution is -2.57. The molecule has 0 atom stereocenters. The summed E-state index contributed by atoms with van der Waals surface area (Å²) >= 11 is 0. The van der Waals surface area contributed by atoms with Crippen molar-refractivity contribution in [2.75, 3.05) is 54.0 Å². The van der Waals surface area contributed by atoms with Gasteiger partial charge >= 0.3 is 0 Å². The molecule has 3 aliphatic rings. The number of halogens is 1. The highest BCUT2D eigenvalue weighted by atomic mass is 127. The van der Waals surface area contributed by atoms with E-state index in [0.29, 0.717) is 5.41 Å². The number of hydrogen-bond acceptors (Lipinski definition) is 3. The molecule has 2 saturated heterocycles. The third kappa shape index (κ3) is 3.95. The summed E-state index contributed by atoms with van der Waals surface area (Å²) in [7, 11) is 6.30. The normalized spacial score (nSPS) is 26.1. The highest BCUT2D eigenvalue weighted by Crippen LogP contribution is 2.47. The summed E-state index contributed by atoms with van der Waals surface area (Å²) in [5.74, 6) is 1.09. The number of rotatable bonds is 3. The third-order valence-corrected chi connectivity index (χ3v) is 6.31. The van der Waals surface area contributed by atoms with Gasteiger partial charge in [-0.05, 0) is 51.6 Å². The first-order valence-electron chi connectivity index (χ1n) is 8.80. The van der Waals surface area contributed by atoms with E-state index in [2.05, 4.69) is 34.2 Å². The Hall–Kier alpha value is -0.0800. The maximum atomic E-state index is 5.56. The summed E-state index contributed by atoms with van der Waals surface area (Å²) in [5, 5.41) is 3.67. The molecule has 1 N–H and O–H groups in total. The van der Waals surface area contributed by atoms with E-state index in [9.17, 15) is 0 Å². The minimum Gasteiger partial charge on any atom is -0.381 e. The van der Waals surface area contributed by atoms with Gasteiger partial charge in [-0.2, -0.15) is 0 Å². The van der Waals surface area contributed by atoms with Crippen molar-refractivity contribution in [1.82, 2.24) is 15.1 Å². The van der Waals surface area contributed by atoms with Gasteiger partial charge in [-0.1, -0.05) is 6.42 Å². The van der Waals surface area contributed by atoms with Gasteiger partial charge in [0.05, 0.1) is 0 Å². The minimum atomic E-state index is 0. The van der Waals surface area contributed by atoms with Crippen LogP contribution in [0.2, 0.25) is 0 Å². The maximum absolute atomic E-state index is 5.56. The lowest BCUT2D eigenvalue weighted by atomic mass is 9.68. The largest absolute Gasteiger partial charge is 0.381 e. The summed E-state index contributed by atoms with van der Waals surface area (Å²) in [4.78, 5) is 9.39. The Morgan fingerprint density at radius 1 is 1.17 bits per heavy atom. The number of hydrogen-bond donors (Lipinski definition) is 1. The number of ether oxygens (including phenoxy) is 1. The van der Waals surface area contributed by atoms with Crippen molar-refractivity contribution in [2.45, 2.75) is 44.1 Å². The van der Waals surface area contributed by atoms with Crippen molar-refractivity contribution in [3.63, 3.8) is 0 Å². The standard InChI is InChI=1S/C17H32N4O.HI/c1-18-15(21-10-7-16(14-21)5-4-6-16)19-13-17(20(2)3)8-11-22-12-9-17;/h4-14H2,1-3H3,(H,18,19);1H. The van der Waals surface area contributed by atoms with Gasteiger partial charge < -0.3 is 19.9 Å². The van der Waals surface area contributed by atoms with E-state index in [1.54, 1.807) is 0 Å². The molecule has 6 heteroatoms. The first kappa shape index (κ1) is 19.2. The summed E-state index contributed by atoms with van der Waals surface area (Å²) in [5.41, 5.74) is 0.817. The van der Waals surface area contributed by atoms with Crippen LogP contribution in [0, 0.1) is 5.41 Å². The maximum Gasteiger partial charge on any atom is 0.193 e. The molecule has 2 heterocycles. The summed E-state index contributed by atoms with van der Waals surface area (Å²) in [6.45, 7) is 5.05. The van der Waals surface area contributed by atoms with Crippen molar-refractivity contribution >= 4 is 29.9 Å². The monoisotopic (exact) mass is 436 g/mol. The first-order valence-corrected chi connectivity index (χ1v) is 8.80. The fourth-order valence-electron chi connectivity index (χ4n) is 4.31. The molecule has 0 radical (unpaired) electrons. The van der Waals surface area contributed by atoms with E-state index < -0.39 is 0 Å². The lowest BCUT2D eigenvalue weighted by molar-refractivity contribution is -0.00525. The number of likely N-dealkylation sites (tertiary alicyclic amines) is 1. The van der Waals surface area contributed by atoms with Crippen LogP contribution in [0.1, 0.15) is 38.5 Å². The molecule has 0 bridgehead atoms. The number of guanidine groups is 1. The molecule has 134 valence electrons. The Bertz CT molecular complexity index is 417. The zero-order chi connectivity index (χ0) is 15.6. The highest BCUT2D eigenvalue weighted by molar-refractivity contribution is 14.0. The Labute approximate surface area is 158 Å². The molecule has 1 saturated carbocycles. The molecule has 0 unspecified atom stereocenters. The van der Waals surface area contributed by atoms with Gasteiger partial charge in [0.1, 0.15) is 0 Å². The molecule has 0 aromatic carbocycles. The molecule has 0 amide bonds. The second kappa shape index (κ2) is 7.87. The molecule has 23 heavy (non-hydrogen) atoms. The Kier molecular flexibility index (Phi) is 6.58. The Morgan fingerprint density at radius 2 is 1.87 bits per heavy atom. The Balaban J connectivity index is 0.00000192. The van der Waals surface area contributed by atoms with Crippen molar-refractivity contribution in [3.05, 3.63) is 0 Å². The van der Waals surface area contributed by atoms with Gasteiger partial charge in [0.25, 0.3) is 0 Å². The lowest BCUT2D eigenvalue weighted by Gasteiger charge is -2.43. The van der Waals surface area contributed by atoms with Crippen LogP contribution < -0.4 is 5.32 Å². The zero-order valence-electron chi connectivity index (χ0n) is 14.9. The molecule has 2 aliphatic heterocycles. The van der Waals surface area contributed by atoms with Crippen LogP contribution in [0.25, 0.3) is 0 Å². The molecule has 0 aromatic heterocycles. The molecular formula is C17H33IN4O. The molecule has 1 aliphatic carbocycles. The average Bonchev–Trinajstić information content (AvgIpc) is 2.94. The van der Waals surface area contributed by atoms with Crippen LogP contribution in [0.15, 0.2) is 4.99 Å². The molecule has 5 nitrogen and oxygen atoms in total.